The zero-order chi connectivity index (χ0) is 13.5. The van der Waals surface area contributed by atoms with E-state index < -0.39 is 26.2 Å². The zero-order valence-corrected chi connectivity index (χ0v) is 11.5. The van der Waals surface area contributed by atoms with Crippen LogP contribution in [0.25, 0.3) is 0 Å². The van der Waals surface area contributed by atoms with Gasteiger partial charge >= 0.3 is 6.18 Å². The fourth-order valence-corrected chi connectivity index (χ4v) is 3.63. The summed E-state index contributed by atoms with van der Waals surface area (Å²) in [4.78, 5) is 0. The van der Waals surface area contributed by atoms with Crippen molar-refractivity contribution in [2.75, 3.05) is 0 Å². The maximum atomic E-state index is 14.2. The molecule has 1 atom stereocenters. The van der Waals surface area contributed by atoms with Crippen molar-refractivity contribution in [3.8, 4) is 0 Å². The predicted molar refractivity (Wildman–Crippen MR) is 66.2 cm³/mol. The first-order valence-electron chi connectivity index (χ1n) is 5.82. The van der Waals surface area contributed by atoms with Gasteiger partial charge in [0.2, 0.25) is 0 Å². The van der Waals surface area contributed by atoms with Crippen LogP contribution in [-0.2, 0) is 0 Å². The second kappa shape index (κ2) is 6.99. The minimum atomic E-state index is -4.42. The maximum Gasteiger partial charge on any atom is 0.389 e. The van der Waals surface area contributed by atoms with Crippen LogP contribution in [0.3, 0.4) is 0 Å². The molecule has 5 heteroatoms. The third-order valence-corrected chi connectivity index (χ3v) is 5.27. The summed E-state index contributed by atoms with van der Waals surface area (Å²) >= 11 is 0. The summed E-state index contributed by atoms with van der Waals surface area (Å²) in [5, 5.41) is 0. The van der Waals surface area contributed by atoms with E-state index in [1.54, 1.807) is 24.3 Å². The van der Waals surface area contributed by atoms with Crippen LogP contribution in [0.5, 0.6) is 0 Å². The second-order valence-electron chi connectivity index (χ2n) is 4.27. The summed E-state index contributed by atoms with van der Waals surface area (Å²) in [5.74, 6) is 0. The summed E-state index contributed by atoms with van der Waals surface area (Å²) in [6, 6.07) is -1.28. The highest BCUT2D eigenvalue weighted by Crippen LogP contribution is 2.37. The van der Waals surface area contributed by atoms with E-state index >= 15 is 0 Å². The molecule has 0 aliphatic heterocycles. The summed E-state index contributed by atoms with van der Waals surface area (Å²) in [7, 11) is -3.84. The highest BCUT2D eigenvalue weighted by Gasteiger charge is 2.45. The highest BCUT2D eigenvalue weighted by atomic mass is 28.4. The Bertz CT molecular complexity index is 252. The molecule has 0 bridgehead atoms. The number of rotatable bonds is 6. The van der Waals surface area contributed by atoms with Crippen LogP contribution in [0.4, 0.5) is 17.3 Å². The van der Waals surface area contributed by atoms with Crippen LogP contribution in [0.15, 0.2) is 24.3 Å². The Kier molecular flexibility index (Phi) is 6.75. The molecule has 0 aromatic carbocycles. The molecule has 0 aromatic rings. The van der Waals surface area contributed by atoms with E-state index in [0.717, 1.165) is 6.55 Å². The third kappa shape index (κ3) is 7.36. The van der Waals surface area contributed by atoms with E-state index in [1.165, 1.54) is 0 Å². The Balaban J connectivity index is 4.87. The van der Waals surface area contributed by atoms with Crippen LogP contribution in [0.1, 0.15) is 26.7 Å². The van der Waals surface area contributed by atoms with Crippen molar-refractivity contribution in [3.05, 3.63) is 24.3 Å². The van der Waals surface area contributed by atoms with Crippen molar-refractivity contribution in [1.29, 1.82) is 0 Å². The Labute approximate surface area is 102 Å². The first-order valence-corrected chi connectivity index (χ1v) is 8.48. The molecule has 0 saturated heterocycles. The highest BCUT2D eigenvalue weighted by molar-refractivity contribution is 6.74. The minimum Gasteiger partial charge on any atom is -0.313 e. The van der Waals surface area contributed by atoms with Gasteiger partial charge in [0.25, 0.3) is 8.41 Å². The Morgan fingerprint density at radius 1 is 1.06 bits per heavy atom. The van der Waals surface area contributed by atoms with Crippen LogP contribution in [0, 0.1) is 0 Å². The molecule has 0 N–H and O–H groups in total. The summed E-state index contributed by atoms with van der Waals surface area (Å²) < 4.78 is 51.1. The lowest BCUT2D eigenvalue weighted by atomic mass is 10.3. The van der Waals surface area contributed by atoms with Crippen molar-refractivity contribution in [3.63, 3.8) is 0 Å². The van der Waals surface area contributed by atoms with E-state index in [2.05, 4.69) is 0 Å². The molecule has 0 amide bonds. The topological polar surface area (TPSA) is 0 Å². The van der Waals surface area contributed by atoms with Crippen LogP contribution >= 0.6 is 0 Å². The van der Waals surface area contributed by atoms with Crippen LogP contribution in [-0.4, -0.2) is 14.6 Å². The lowest BCUT2D eigenvalue weighted by Gasteiger charge is -2.24. The average molecular weight is 268 g/mol. The molecule has 0 rings (SSSR count). The van der Waals surface area contributed by atoms with Crippen molar-refractivity contribution in [2.24, 2.45) is 0 Å². The Morgan fingerprint density at radius 3 is 1.76 bits per heavy atom. The van der Waals surface area contributed by atoms with Gasteiger partial charge in [-0.2, -0.15) is 13.2 Å². The normalized spacial score (nSPS) is 18.8. The molecule has 0 aliphatic rings. The van der Waals surface area contributed by atoms with Crippen molar-refractivity contribution in [1.82, 2.24) is 0 Å². The fourth-order valence-electron chi connectivity index (χ4n) is 1.54. The third-order valence-electron chi connectivity index (χ3n) is 2.40. The molecular weight excluding hydrogens is 248 g/mol. The molecular formula is C12H20F4Si. The van der Waals surface area contributed by atoms with Gasteiger partial charge in [0.1, 0.15) is 0 Å². The Morgan fingerprint density at radius 2 is 1.47 bits per heavy atom. The molecule has 1 unspecified atom stereocenters. The smallest absolute Gasteiger partial charge is 0.313 e. The maximum absolute atomic E-state index is 14.2. The largest absolute Gasteiger partial charge is 0.389 e. The van der Waals surface area contributed by atoms with E-state index in [4.69, 9.17) is 0 Å². The quantitative estimate of drug-likeness (QED) is 0.262. The molecule has 0 spiro atoms. The van der Waals surface area contributed by atoms with Crippen molar-refractivity contribution < 1.29 is 17.3 Å². The molecule has 0 saturated carbocycles. The summed E-state index contributed by atoms with van der Waals surface area (Å²) in [6.07, 6.45) is 3.58. The number of hydrogen-bond acceptors (Lipinski definition) is 0. The fraction of sp³-hybridized carbons (Fsp3) is 0.667. The van der Waals surface area contributed by atoms with Gasteiger partial charge in [-0.3, -0.25) is 0 Å². The number of allylic oxidation sites excluding steroid dienone is 4. The zero-order valence-electron chi connectivity index (χ0n) is 10.5. The minimum absolute atomic E-state index is 0.691. The van der Waals surface area contributed by atoms with E-state index in [-0.39, 0.29) is 0 Å². The van der Waals surface area contributed by atoms with Gasteiger partial charge in [0.15, 0.2) is 0 Å². The predicted octanol–water partition coefficient (Wildman–Crippen LogP) is 5.40. The lowest BCUT2D eigenvalue weighted by molar-refractivity contribution is -0.112. The number of hydrogen-bond donors (Lipinski definition) is 0. The molecule has 0 aliphatic carbocycles. The van der Waals surface area contributed by atoms with Gasteiger partial charge < -0.3 is 4.11 Å². The summed E-state index contributed by atoms with van der Waals surface area (Å²) in [6.45, 7) is 4.89. The molecule has 0 heterocycles. The number of halogens is 4. The standard InChI is InChI=1S/C12H20F4Si/c1-4-6-8-11(9-7-5-2)17(3,16)10-12(13,14)15/h6-9,11H,4-5,10H2,1-3H3. The van der Waals surface area contributed by atoms with E-state index in [0.29, 0.717) is 12.8 Å². The first kappa shape index (κ1) is 16.4. The van der Waals surface area contributed by atoms with Crippen LogP contribution in [0.2, 0.25) is 18.1 Å². The van der Waals surface area contributed by atoms with Gasteiger partial charge in [-0.1, -0.05) is 38.2 Å². The van der Waals surface area contributed by atoms with Crippen molar-refractivity contribution >= 4 is 8.41 Å². The van der Waals surface area contributed by atoms with Crippen LogP contribution < -0.4 is 0 Å². The molecule has 100 valence electrons. The monoisotopic (exact) mass is 268 g/mol. The van der Waals surface area contributed by atoms with E-state index in [1.807, 2.05) is 13.8 Å². The van der Waals surface area contributed by atoms with Gasteiger partial charge in [0.05, 0.1) is 6.04 Å². The van der Waals surface area contributed by atoms with E-state index in [9.17, 15) is 17.3 Å². The van der Waals surface area contributed by atoms with Crippen molar-refractivity contribution in [2.45, 2.75) is 51.0 Å². The average Bonchev–Trinajstić information content (AvgIpc) is 2.13. The molecule has 0 nitrogen and oxygen atoms in total. The van der Waals surface area contributed by atoms with Gasteiger partial charge in [-0.05, 0) is 19.4 Å². The molecule has 0 aromatic heterocycles. The first-order chi connectivity index (χ1) is 7.73. The molecule has 0 fully saturated rings. The summed E-state index contributed by atoms with van der Waals surface area (Å²) in [5.41, 5.74) is -0.691. The SMILES string of the molecule is CCC=CC(C=CCC)[Si](C)(F)CC(F)(F)F. The Hall–Kier alpha value is -0.583. The molecule has 17 heavy (non-hydrogen) atoms. The lowest BCUT2D eigenvalue weighted by Crippen LogP contribution is -2.35. The molecule has 0 radical (unpaired) electrons. The number of alkyl halides is 3. The second-order valence-corrected chi connectivity index (χ2v) is 7.84. The van der Waals surface area contributed by atoms with Gasteiger partial charge in [0, 0.05) is 5.54 Å². The van der Waals surface area contributed by atoms with Gasteiger partial charge in [-0.25, -0.2) is 0 Å². The van der Waals surface area contributed by atoms with Gasteiger partial charge in [-0.15, -0.1) is 0 Å².